The number of nitrogens with two attached hydrogens (primary N) is 1. The maximum atomic E-state index is 5.51. The second-order valence-electron chi connectivity index (χ2n) is 5.10. The molecule has 0 amide bonds. The van der Waals surface area contributed by atoms with Gasteiger partial charge in [-0.15, -0.1) is 0 Å². The molecule has 20 heavy (non-hydrogen) atoms. The normalized spacial score (nSPS) is 16.4. The maximum Gasteiger partial charge on any atom is 0.233 e. The second kappa shape index (κ2) is 8.01. The zero-order chi connectivity index (χ0) is 14.2. The summed E-state index contributed by atoms with van der Waals surface area (Å²) in [6.45, 7) is 6.15. The molecule has 1 aromatic heterocycles. The predicted octanol–water partition coefficient (Wildman–Crippen LogP) is 0.736. The molecule has 2 rings (SSSR count). The number of hydrogen-bond acceptors (Lipinski definition) is 6. The van der Waals surface area contributed by atoms with E-state index in [4.69, 9.17) is 10.5 Å². The van der Waals surface area contributed by atoms with Crippen molar-refractivity contribution in [2.24, 2.45) is 5.73 Å². The van der Waals surface area contributed by atoms with E-state index < -0.39 is 0 Å². The molecule has 1 fully saturated rings. The largest absolute Gasteiger partial charge is 0.480 e. The maximum absolute atomic E-state index is 5.51. The van der Waals surface area contributed by atoms with Crippen molar-refractivity contribution in [3.8, 4) is 5.88 Å². The van der Waals surface area contributed by atoms with Gasteiger partial charge in [0.2, 0.25) is 5.88 Å². The molecule has 0 bridgehead atoms. The van der Waals surface area contributed by atoms with Crippen molar-refractivity contribution >= 4 is 5.82 Å². The van der Waals surface area contributed by atoms with Gasteiger partial charge in [0.15, 0.2) is 5.82 Å². The molecule has 0 atom stereocenters. The van der Waals surface area contributed by atoms with Crippen LogP contribution < -0.4 is 15.4 Å². The van der Waals surface area contributed by atoms with Crippen LogP contribution in [-0.2, 0) is 0 Å². The molecular formula is C14H25N5O. The third kappa shape index (κ3) is 4.31. The predicted molar refractivity (Wildman–Crippen MR) is 80.1 cm³/mol. The molecule has 1 aromatic rings. The summed E-state index contributed by atoms with van der Waals surface area (Å²) in [7, 11) is 1.62. The van der Waals surface area contributed by atoms with E-state index in [-0.39, 0.29) is 0 Å². The van der Waals surface area contributed by atoms with E-state index in [1.165, 1.54) is 19.4 Å². The quantitative estimate of drug-likeness (QED) is 0.742. The van der Waals surface area contributed by atoms with E-state index in [0.717, 1.165) is 45.0 Å². The van der Waals surface area contributed by atoms with Crippen molar-refractivity contribution in [1.29, 1.82) is 0 Å². The first-order valence-electron chi connectivity index (χ1n) is 7.37. The molecular weight excluding hydrogens is 254 g/mol. The fraction of sp³-hybridized carbons (Fsp3) is 0.714. The Morgan fingerprint density at radius 2 is 1.95 bits per heavy atom. The number of ether oxygens (including phenoxy) is 1. The average Bonchev–Trinajstić information content (AvgIpc) is 2.52. The minimum Gasteiger partial charge on any atom is -0.480 e. The Kier molecular flexibility index (Phi) is 6.01. The van der Waals surface area contributed by atoms with Gasteiger partial charge in [0.25, 0.3) is 0 Å². The van der Waals surface area contributed by atoms with Crippen molar-refractivity contribution in [2.45, 2.75) is 19.3 Å². The number of piperazine rings is 1. The highest BCUT2D eigenvalue weighted by Gasteiger charge is 2.18. The molecule has 0 spiro atoms. The summed E-state index contributed by atoms with van der Waals surface area (Å²) in [5.74, 6) is 1.49. The van der Waals surface area contributed by atoms with Gasteiger partial charge in [-0.3, -0.25) is 9.88 Å². The average molecular weight is 279 g/mol. The van der Waals surface area contributed by atoms with Crippen molar-refractivity contribution in [3.05, 3.63) is 12.4 Å². The molecule has 1 saturated heterocycles. The summed E-state index contributed by atoms with van der Waals surface area (Å²) in [5, 5.41) is 0. The van der Waals surface area contributed by atoms with Crippen LogP contribution in [0.2, 0.25) is 0 Å². The lowest BCUT2D eigenvalue weighted by atomic mass is 10.2. The number of aromatic nitrogens is 2. The van der Waals surface area contributed by atoms with E-state index in [1.807, 2.05) is 0 Å². The Morgan fingerprint density at radius 3 is 2.65 bits per heavy atom. The van der Waals surface area contributed by atoms with Gasteiger partial charge < -0.3 is 15.4 Å². The second-order valence-corrected chi connectivity index (χ2v) is 5.10. The molecule has 0 saturated carbocycles. The minimum absolute atomic E-state index is 0.576. The molecule has 0 aliphatic carbocycles. The SMILES string of the molecule is COc1cncc(N2CCN(CCCCCN)CC2)n1. The summed E-state index contributed by atoms with van der Waals surface area (Å²) < 4.78 is 5.12. The lowest BCUT2D eigenvalue weighted by molar-refractivity contribution is 0.251. The van der Waals surface area contributed by atoms with Gasteiger partial charge in [0.1, 0.15) is 0 Å². The van der Waals surface area contributed by atoms with Crippen LogP contribution in [0.15, 0.2) is 12.4 Å². The first-order valence-corrected chi connectivity index (χ1v) is 7.37. The van der Waals surface area contributed by atoms with Gasteiger partial charge in [0, 0.05) is 26.2 Å². The Labute approximate surface area is 120 Å². The Bertz CT molecular complexity index is 393. The van der Waals surface area contributed by atoms with Crippen LogP contribution in [0.4, 0.5) is 5.82 Å². The fourth-order valence-corrected chi connectivity index (χ4v) is 2.45. The summed E-state index contributed by atoms with van der Waals surface area (Å²) in [6, 6.07) is 0. The van der Waals surface area contributed by atoms with Gasteiger partial charge in [-0.25, -0.2) is 0 Å². The number of methoxy groups -OCH3 is 1. The number of anilines is 1. The van der Waals surface area contributed by atoms with Crippen LogP contribution >= 0.6 is 0 Å². The molecule has 0 radical (unpaired) electrons. The topological polar surface area (TPSA) is 67.5 Å². The van der Waals surface area contributed by atoms with Crippen molar-refractivity contribution in [1.82, 2.24) is 14.9 Å². The highest BCUT2D eigenvalue weighted by atomic mass is 16.5. The first-order chi connectivity index (χ1) is 9.83. The van der Waals surface area contributed by atoms with E-state index in [9.17, 15) is 0 Å². The molecule has 0 unspecified atom stereocenters. The van der Waals surface area contributed by atoms with Crippen LogP contribution in [0, 0.1) is 0 Å². The van der Waals surface area contributed by atoms with Crippen LogP contribution in [0.5, 0.6) is 5.88 Å². The van der Waals surface area contributed by atoms with E-state index >= 15 is 0 Å². The van der Waals surface area contributed by atoms with E-state index in [1.54, 1.807) is 19.5 Å². The highest BCUT2D eigenvalue weighted by molar-refractivity contribution is 5.38. The smallest absolute Gasteiger partial charge is 0.233 e. The zero-order valence-electron chi connectivity index (χ0n) is 12.3. The van der Waals surface area contributed by atoms with Gasteiger partial charge in [0.05, 0.1) is 19.5 Å². The molecule has 2 heterocycles. The van der Waals surface area contributed by atoms with Crippen LogP contribution in [0.3, 0.4) is 0 Å². The summed E-state index contributed by atoms with van der Waals surface area (Å²) in [4.78, 5) is 13.4. The number of hydrogen-bond donors (Lipinski definition) is 1. The third-order valence-electron chi connectivity index (χ3n) is 3.68. The van der Waals surface area contributed by atoms with Crippen LogP contribution in [0.1, 0.15) is 19.3 Å². The standard InChI is InChI=1S/C14H25N5O/c1-20-14-12-16-11-13(17-14)19-9-7-18(8-10-19)6-4-2-3-5-15/h11-12H,2-10,15H2,1H3. The number of unbranched alkanes of at least 4 members (excludes halogenated alkanes) is 2. The molecule has 6 heteroatoms. The third-order valence-corrected chi connectivity index (χ3v) is 3.68. The Morgan fingerprint density at radius 1 is 1.15 bits per heavy atom. The van der Waals surface area contributed by atoms with Crippen LogP contribution in [-0.4, -0.2) is 61.2 Å². The molecule has 1 aliphatic heterocycles. The lowest BCUT2D eigenvalue weighted by Gasteiger charge is -2.35. The molecule has 112 valence electrons. The van der Waals surface area contributed by atoms with E-state index in [2.05, 4.69) is 19.8 Å². The summed E-state index contributed by atoms with van der Waals surface area (Å²) in [6.07, 6.45) is 7.06. The minimum atomic E-state index is 0.576. The molecule has 0 aromatic carbocycles. The van der Waals surface area contributed by atoms with Crippen molar-refractivity contribution < 1.29 is 4.74 Å². The number of nitrogens with zero attached hydrogens (tertiary/aromatic N) is 4. The molecule has 1 aliphatic rings. The van der Waals surface area contributed by atoms with Crippen LogP contribution in [0.25, 0.3) is 0 Å². The van der Waals surface area contributed by atoms with Crippen molar-refractivity contribution in [3.63, 3.8) is 0 Å². The van der Waals surface area contributed by atoms with Gasteiger partial charge in [-0.05, 0) is 25.9 Å². The van der Waals surface area contributed by atoms with Crippen molar-refractivity contribution in [2.75, 3.05) is 51.3 Å². The first kappa shape index (κ1) is 15.0. The number of rotatable bonds is 7. The van der Waals surface area contributed by atoms with Gasteiger partial charge in [-0.1, -0.05) is 6.42 Å². The molecule has 2 N–H and O–H groups in total. The molecule has 6 nitrogen and oxygen atoms in total. The highest BCUT2D eigenvalue weighted by Crippen LogP contribution is 2.15. The summed E-state index contributed by atoms with van der Waals surface area (Å²) >= 11 is 0. The lowest BCUT2D eigenvalue weighted by Crippen LogP contribution is -2.47. The zero-order valence-corrected chi connectivity index (χ0v) is 12.3. The Balaban J connectivity index is 1.76. The fourth-order valence-electron chi connectivity index (χ4n) is 2.45. The summed E-state index contributed by atoms with van der Waals surface area (Å²) in [5.41, 5.74) is 5.51. The van der Waals surface area contributed by atoms with Gasteiger partial charge >= 0.3 is 0 Å². The monoisotopic (exact) mass is 279 g/mol. The van der Waals surface area contributed by atoms with Gasteiger partial charge in [-0.2, -0.15) is 4.98 Å². The Hall–Kier alpha value is -1.40. The van der Waals surface area contributed by atoms with E-state index in [0.29, 0.717) is 5.88 Å².